The maximum atomic E-state index is 13.4. The maximum Gasteiger partial charge on any atom is 0.293 e. The van der Waals surface area contributed by atoms with E-state index in [1.54, 1.807) is 30.1 Å². The molecule has 3 aromatic rings. The van der Waals surface area contributed by atoms with Gasteiger partial charge in [-0.3, -0.25) is 9.78 Å². The third kappa shape index (κ3) is 5.05. The molecule has 0 amide bonds. The molecule has 1 saturated heterocycles. The predicted octanol–water partition coefficient (Wildman–Crippen LogP) is 2.45. The van der Waals surface area contributed by atoms with E-state index in [4.69, 9.17) is 9.47 Å². The topological polar surface area (TPSA) is 103 Å². The largest absolute Gasteiger partial charge is 0.481 e. The molecule has 1 aliphatic rings. The molecule has 2 N–H and O–H groups in total. The highest BCUT2D eigenvalue weighted by molar-refractivity contribution is 5.80. The molecule has 9 nitrogen and oxygen atoms in total. The van der Waals surface area contributed by atoms with E-state index in [-0.39, 0.29) is 11.6 Å². The zero-order valence-corrected chi connectivity index (χ0v) is 18.6. The van der Waals surface area contributed by atoms with Crippen LogP contribution in [0.2, 0.25) is 0 Å². The smallest absolute Gasteiger partial charge is 0.293 e. The second-order valence-corrected chi connectivity index (χ2v) is 7.85. The van der Waals surface area contributed by atoms with Crippen LogP contribution in [0.25, 0.3) is 22.3 Å². The van der Waals surface area contributed by atoms with Gasteiger partial charge in [-0.05, 0) is 44.5 Å². The highest BCUT2D eigenvalue weighted by atomic mass is 16.5. The van der Waals surface area contributed by atoms with Crippen molar-refractivity contribution in [1.82, 2.24) is 24.8 Å². The number of methoxy groups -OCH3 is 1. The third-order valence-corrected chi connectivity index (χ3v) is 5.56. The quantitative estimate of drug-likeness (QED) is 0.491. The molecule has 1 aliphatic heterocycles. The summed E-state index contributed by atoms with van der Waals surface area (Å²) >= 11 is 0. The summed E-state index contributed by atoms with van der Waals surface area (Å²) in [6, 6.07) is 5.81. The number of ether oxygens (including phenoxy) is 2. The van der Waals surface area contributed by atoms with Crippen LogP contribution in [0.15, 0.2) is 35.4 Å². The van der Waals surface area contributed by atoms with Crippen LogP contribution < -0.4 is 20.9 Å². The third-order valence-electron chi connectivity index (χ3n) is 5.56. The van der Waals surface area contributed by atoms with Gasteiger partial charge in [0.2, 0.25) is 5.88 Å². The van der Waals surface area contributed by atoms with Crippen molar-refractivity contribution in [3.8, 4) is 17.1 Å². The van der Waals surface area contributed by atoms with E-state index in [0.717, 1.165) is 49.1 Å². The van der Waals surface area contributed by atoms with Crippen molar-refractivity contribution in [3.63, 3.8) is 0 Å². The van der Waals surface area contributed by atoms with E-state index >= 15 is 0 Å². The number of aromatic nitrogens is 4. The van der Waals surface area contributed by atoms with E-state index in [1.165, 1.54) is 0 Å². The van der Waals surface area contributed by atoms with Gasteiger partial charge >= 0.3 is 0 Å². The molecule has 0 atom stereocenters. The average molecular weight is 439 g/mol. The van der Waals surface area contributed by atoms with Crippen molar-refractivity contribution >= 4 is 16.9 Å². The second-order valence-electron chi connectivity index (χ2n) is 7.85. The summed E-state index contributed by atoms with van der Waals surface area (Å²) < 4.78 is 12.6. The molecule has 0 radical (unpaired) electrons. The van der Waals surface area contributed by atoms with Gasteiger partial charge in [-0.15, -0.1) is 0 Å². The zero-order chi connectivity index (χ0) is 22.3. The number of fused-ring (bicyclic) bond motifs is 1. The minimum Gasteiger partial charge on any atom is -0.481 e. The first-order valence-electron chi connectivity index (χ1n) is 11.2. The number of nitrogens with one attached hydrogen (secondary N) is 2. The van der Waals surface area contributed by atoms with E-state index in [1.807, 2.05) is 12.1 Å². The first-order valence-corrected chi connectivity index (χ1v) is 11.2. The second kappa shape index (κ2) is 10.5. The lowest BCUT2D eigenvalue weighted by atomic mass is 10.1. The van der Waals surface area contributed by atoms with E-state index in [0.29, 0.717) is 37.0 Å². The van der Waals surface area contributed by atoms with Gasteiger partial charge in [0.1, 0.15) is 5.52 Å². The lowest BCUT2D eigenvalue weighted by molar-refractivity contribution is 0.127. The highest BCUT2D eigenvalue weighted by Gasteiger charge is 2.18. The van der Waals surface area contributed by atoms with Crippen LogP contribution in [0.3, 0.4) is 0 Å². The van der Waals surface area contributed by atoms with Crippen LogP contribution in [0.1, 0.15) is 26.2 Å². The normalized spacial score (nSPS) is 14.6. The van der Waals surface area contributed by atoms with E-state index < -0.39 is 0 Å². The van der Waals surface area contributed by atoms with Crippen LogP contribution in [0, 0.1) is 0 Å². The number of pyridine rings is 2. The van der Waals surface area contributed by atoms with Gasteiger partial charge in [-0.2, -0.15) is 0 Å². The van der Waals surface area contributed by atoms with Gasteiger partial charge in [-0.25, -0.2) is 9.97 Å². The number of rotatable bonds is 9. The number of hydrogen-bond donors (Lipinski definition) is 2. The van der Waals surface area contributed by atoms with Crippen molar-refractivity contribution in [2.24, 2.45) is 0 Å². The van der Waals surface area contributed by atoms with E-state index in [9.17, 15) is 4.79 Å². The van der Waals surface area contributed by atoms with Crippen LogP contribution in [0.5, 0.6) is 5.88 Å². The molecule has 9 heteroatoms. The molecule has 1 fully saturated rings. The summed E-state index contributed by atoms with van der Waals surface area (Å²) in [5.41, 5.74) is 2.82. The Balaban J connectivity index is 1.71. The summed E-state index contributed by atoms with van der Waals surface area (Å²) in [4.78, 5) is 26.8. The summed E-state index contributed by atoms with van der Waals surface area (Å²) in [5.74, 6) is 0.912. The maximum absolute atomic E-state index is 13.4. The fourth-order valence-corrected chi connectivity index (χ4v) is 3.83. The van der Waals surface area contributed by atoms with Gasteiger partial charge in [-0.1, -0.05) is 6.92 Å². The molecule has 4 heterocycles. The number of nitrogens with zero attached hydrogens (tertiary/aromatic N) is 4. The molecule has 32 heavy (non-hydrogen) atoms. The highest BCUT2D eigenvalue weighted by Crippen LogP contribution is 2.22. The van der Waals surface area contributed by atoms with Gasteiger partial charge in [0.25, 0.3) is 5.56 Å². The Morgan fingerprint density at radius 1 is 1.19 bits per heavy atom. The van der Waals surface area contributed by atoms with Crippen LogP contribution in [0.4, 0.5) is 5.82 Å². The fraction of sp³-hybridized carbons (Fsp3) is 0.478. The number of piperidine rings is 1. The van der Waals surface area contributed by atoms with Crippen molar-refractivity contribution in [2.75, 3.05) is 38.7 Å². The Labute approximate surface area is 187 Å². The first kappa shape index (κ1) is 22.2. The Hall–Kier alpha value is -3.04. The van der Waals surface area contributed by atoms with Crippen molar-refractivity contribution in [3.05, 3.63) is 40.9 Å². The minimum absolute atomic E-state index is 0.138. The molecule has 4 rings (SSSR count). The SMILES string of the molecule is CCCOCCn1c(=O)c(NC2CCNCC2)nc2cnc(-c3ccc(OC)nc3)cc21. The molecule has 170 valence electrons. The lowest BCUT2D eigenvalue weighted by Crippen LogP contribution is -2.38. The minimum atomic E-state index is -0.138. The molecule has 0 aliphatic carbocycles. The fourth-order valence-electron chi connectivity index (χ4n) is 3.83. The lowest BCUT2D eigenvalue weighted by Gasteiger charge is -2.24. The van der Waals surface area contributed by atoms with Crippen LogP contribution >= 0.6 is 0 Å². The van der Waals surface area contributed by atoms with Crippen molar-refractivity contribution in [2.45, 2.75) is 38.8 Å². The summed E-state index contributed by atoms with van der Waals surface area (Å²) in [5, 5.41) is 6.71. The molecule has 0 unspecified atom stereocenters. The number of anilines is 1. The Bertz CT molecular complexity index is 1090. The molecular formula is C23H30N6O3. The Morgan fingerprint density at radius 3 is 2.75 bits per heavy atom. The Kier molecular flexibility index (Phi) is 7.28. The summed E-state index contributed by atoms with van der Waals surface area (Å²) in [6.45, 7) is 5.51. The predicted molar refractivity (Wildman–Crippen MR) is 124 cm³/mol. The standard InChI is InChI=1S/C23H30N6O3/c1-3-11-32-12-10-29-20-13-18(16-4-5-21(31-2)26-14-16)25-15-19(20)28-22(23(29)30)27-17-6-8-24-9-7-17/h4-5,13-15,17,24H,3,6-12H2,1-2H3,(H,27,28). The zero-order valence-electron chi connectivity index (χ0n) is 18.6. The van der Waals surface area contributed by atoms with Crippen LogP contribution in [-0.2, 0) is 11.3 Å². The summed E-state index contributed by atoms with van der Waals surface area (Å²) in [7, 11) is 1.58. The van der Waals surface area contributed by atoms with Gasteiger partial charge in [0.05, 0.1) is 31.1 Å². The monoisotopic (exact) mass is 438 g/mol. The number of hydrogen-bond acceptors (Lipinski definition) is 8. The van der Waals surface area contributed by atoms with E-state index in [2.05, 4.69) is 32.5 Å². The molecule has 0 aromatic carbocycles. The summed E-state index contributed by atoms with van der Waals surface area (Å²) in [6.07, 6.45) is 6.28. The van der Waals surface area contributed by atoms with Gasteiger partial charge in [0, 0.05) is 37.0 Å². The molecule has 0 bridgehead atoms. The van der Waals surface area contributed by atoms with Crippen molar-refractivity contribution < 1.29 is 9.47 Å². The molecule has 0 saturated carbocycles. The van der Waals surface area contributed by atoms with Crippen LogP contribution in [-0.4, -0.2) is 59.0 Å². The Morgan fingerprint density at radius 2 is 2.03 bits per heavy atom. The van der Waals surface area contributed by atoms with Gasteiger partial charge < -0.3 is 24.7 Å². The molecule has 0 spiro atoms. The molecule has 3 aromatic heterocycles. The van der Waals surface area contributed by atoms with Crippen molar-refractivity contribution in [1.29, 1.82) is 0 Å². The average Bonchev–Trinajstić information content (AvgIpc) is 2.84. The van der Waals surface area contributed by atoms with Gasteiger partial charge in [0.15, 0.2) is 5.82 Å². The first-order chi connectivity index (χ1) is 15.7. The molecular weight excluding hydrogens is 408 g/mol.